The van der Waals surface area contributed by atoms with E-state index in [-0.39, 0.29) is 6.04 Å². The molecule has 0 fully saturated rings. The van der Waals surface area contributed by atoms with Crippen LogP contribution in [-0.4, -0.2) is 4.57 Å². The maximum absolute atomic E-state index is 8.92. The summed E-state index contributed by atoms with van der Waals surface area (Å²) >= 11 is 0. The van der Waals surface area contributed by atoms with Crippen LogP contribution < -0.4 is 5.32 Å². The first-order chi connectivity index (χ1) is 9.01. The van der Waals surface area contributed by atoms with Gasteiger partial charge in [0.1, 0.15) is 23.3 Å². The molecule has 0 saturated carbocycles. The first-order valence-electron chi connectivity index (χ1n) is 6.37. The van der Waals surface area contributed by atoms with E-state index in [4.69, 9.17) is 9.68 Å². The molecule has 1 N–H and O–H groups in total. The summed E-state index contributed by atoms with van der Waals surface area (Å²) in [6.45, 7) is 6.79. The second-order valence-corrected chi connectivity index (χ2v) is 4.93. The number of aromatic nitrogens is 1. The van der Waals surface area contributed by atoms with Crippen LogP contribution in [0.15, 0.2) is 22.7 Å². The molecule has 0 aliphatic rings. The smallest absolute Gasteiger partial charge is 0.120 e. The molecular formula is C15H19N3O. The molecule has 0 spiro atoms. The van der Waals surface area contributed by atoms with Gasteiger partial charge in [0.05, 0.1) is 0 Å². The van der Waals surface area contributed by atoms with Crippen molar-refractivity contribution in [2.45, 2.75) is 33.4 Å². The summed E-state index contributed by atoms with van der Waals surface area (Å²) in [6, 6.07) is 6.37. The number of nitriles is 1. The van der Waals surface area contributed by atoms with Gasteiger partial charge >= 0.3 is 0 Å². The number of nitrogens with zero attached hydrogens (tertiary/aromatic N) is 2. The third kappa shape index (κ3) is 2.88. The molecule has 1 unspecified atom stereocenters. The first-order valence-corrected chi connectivity index (χ1v) is 6.37. The lowest BCUT2D eigenvalue weighted by Crippen LogP contribution is -2.17. The van der Waals surface area contributed by atoms with Gasteiger partial charge in [0.15, 0.2) is 0 Å². The summed E-state index contributed by atoms with van der Waals surface area (Å²) in [7, 11) is 1.88. The molecule has 0 aliphatic heterocycles. The number of hydrogen-bond donors (Lipinski definition) is 1. The molecule has 2 heterocycles. The summed E-state index contributed by atoms with van der Waals surface area (Å²) in [6.07, 6.45) is 1.98. The Morgan fingerprint density at radius 2 is 2.16 bits per heavy atom. The van der Waals surface area contributed by atoms with Gasteiger partial charge in [-0.05, 0) is 38.5 Å². The van der Waals surface area contributed by atoms with Crippen molar-refractivity contribution in [2.75, 3.05) is 0 Å². The van der Waals surface area contributed by atoms with Crippen molar-refractivity contribution in [3.05, 3.63) is 46.7 Å². The van der Waals surface area contributed by atoms with Crippen LogP contribution in [0.1, 0.15) is 41.3 Å². The molecule has 2 rings (SSSR count). The van der Waals surface area contributed by atoms with Crippen LogP contribution in [0.5, 0.6) is 0 Å². The van der Waals surface area contributed by atoms with E-state index in [1.807, 2.05) is 37.7 Å². The molecule has 2 aromatic rings. The maximum atomic E-state index is 8.92. The van der Waals surface area contributed by atoms with Gasteiger partial charge in [-0.2, -0.15) is 5.26 Å². The van der Waals surface area contributed by atoms with E-state index in [9.17, 15) is 0 Å². The van der Waals surface area contributed by atoms with Crippen LogP contribution in [0.4, 0.5) is 0 Å². The lowest BCUT2D eigenvalue weighted by molar-refractivity contribution is 0.489. The van der Waals surface area contributed by atoms with E-state index in [1.54, 1.807) is 0 Å². The SMILES string of the molecule is Cc1cc(C(C)NCc2cc(C#N)n(C)c2)c(C)o1. The standard InChI is InChI=1S/C15H19N3O/c1-10-5-15(12(3)19-10)11(2)17-8-13-6-14(7-16)18(4)9-13/h5-6,9,11,17H,8H2,1-4H3. The number of rotatable bonds is 4. The Bertz CT molecular complexity index is 616. The van der Waals surface area contributed by atoms with Crippen LogP contribution in [-0.2, 0) is 13.6 Å². The quantitative estimate of drug-likeness (QED) is 0.916. The number of nitrogens with one attached hydrogen (secondary N) is 1. The lowest BCUT2D eigenvalue weighted by atomic mass is 10.1. The fourth-order valence-electron chi connectivity index (χ4n) is 2.30. The average molecular weight is 257 g/mol. The average Bonchev–Trinajstić information content (AvgIpc) is 2.89. The Morgan fingerprint density at radius 3 is 2.68 bits per heavy atom. The van der Waals surface area contributed by atoms with Crippen molar-refractivity contribution in [3.8, 4) is 6.07 Å². The summed E-state index contributed by atoms with van der Waals surface area (Å²) < 4.78 is 7.38. The molecule has 2 aromatic heterocycles. The van der Waals surface area contributed by atoms with Gasteiger partial charge in [-0.1, -0.05) is 0 Å². The lowest BCUT2D eigenvalue weighted by Gasteiger charge is -2.12. The first kappa shape index (κ1) is 13.4. The molecule has 0 saturated heterocycles. The van der Waals surface area contributed by atoms with Crippen molar-refractivity contribution < 1.29 is 4.42 Å². The highest BCUT2D eigenvalue weighted by Crippen LogP contribution is 2.21. The minimum absolute atomic E-state index is 0.225. The summed E-state index contributed by atoms with van der Waals surface area (Å²) in [5.74, 6) is 1.90. The molecule has 100 valence electrons. The van der Waals surface area contributed by atoms with E-state index in [0.29, 0.717) is 5.69 Å². The Hall–Kier alpha value is -1.99. The van der Waals surface area contributed by atoms with Crippen molar-refractivity contribution in [1.29, 1.82) is 5.26 Å². The van der Waals surface area contributed by atoms with Crippen molar-refractivity contribution in [1.82, 2.24) is 9.88 Å². The molecule has 0 bridgehead atoms. The third-order valence-corrected chi connectivity index (χ3v) is 3.33. The Kier molecular flexibility index (Phi) is 3.77. The van der Waals surface area contributed by atoms with Crippen molar-refractivity contribution in [2.24, 2.45) is 7.05 Å². The van der Waals surface area contributed by atoms with Crippen LogP contribution >= 0.6 is 0 Å². The third-order valence-electron chi connectivity index (χ3n) is 3.33. The predicted molar refractivity (Wildman–Crippen MR) is 73.6 cm³/mol. The monoisotopic (exact) mass is 257 g/mol. The summed E-state index contributed by atoms with van der Waals surface area (Å²) in [5, 5.41) is 12.4. The molecule has 1 atom stereocenters. The normalized spacial score (nSPS) is 12.4. The second-order valence-electron chi connectivity index (χ2n) is 4.93. The van der Waals surface area contributed by atoms with E-state index in [2.05, 4.69) is 24.4 Å². The van der Waals surface area contributed by atoms with Crippen molar-refractivity contribution >= 4 is 0 Å². The number of hydrogen-bond acceptors (Lipinski definition) is 3. The van der Waals surface area contributed by atoms with E-state index in [1.165, 1.54) is 5.56 Å². The van der Waals surface area contributed by atoms with E-state index in [0.717, 1.165) is 23.6 Å². The van der Waals surface area contributed by atoms with Crippen LogP contribution in [0.2, 0.25) is 0 Å². The van der Waals surface area contributed by atoms with Gasteiger partial charge in [-0.25, -0.2) is 0 Å². The van der Waals surface area contributed by atoms with Crippen LogP contribution in [0.25, 0.3) is 0 Å². The van der Waals surface area contributed by atoms with Crippen molar-refractivity contribution in [3.63, 3.8) is 0 Å². The Balaban J connectivity index is 2.02. The maximum Gasteiger partial charge on any atom is 0.120 e. The highest BCUT2D eigenvalue weighted by Gasteiger charge is 2.12. The highest BCUT2D eigenvalue weighted by molar-refractivity contribution is 5.29. The zero-order chi connectivity index (χ0) is 14.0. The molecule has 0 amide bonds. The minimum Gasteiger partial charge on any atom is -0.466 e. The van der Waals surface area contributed by atoms with Gasteiger partial charge in [0.2, 0.25) is 0 Å². The fourth-order valence-corrected chi connectivity index (χ4v) is 2.30. The molecule has 4 heteroatoms. The second kappa shape index (κ2) is 5.33. The summed E-state index contributed by atoms with van der Waals surface area (Å²) in [4.78, 5) is 0. The van der Waals surface area contributed by atoms with Crippen LogP contribution in [0.3, 0.4) is 0 Å². The molecule has 4 nitrogen and oxygen atoms in total. The van der Waals surface area contributed by atoms with E-state index >= 15 is 0 Å². The zero-order valence-electron chi connectivity index (χ0n) is 11.8. The molecular weight excluding hydrogens is 238 g/mol. The molecule has 19 heavy (non-hydrogen) atoms. The molecule has 0 aromatic carbocycles. The minimum atomic E-state index is 0.225. The van der Waals surface area contributed by atoms with Gasteiger partial charge in [-0.15, -0.1) is 0 Å². The molecule has 0 aliphatic carbocycles. The Labute approximate surface area is 113 Å². The van der Waals surface area contributed by atoms with Gasteiger partial charge < -0.3 is 14.3 Å². The predicted octanol–water partition coefficient (Wildman–Crippen LogP) is 2.96. The van der Waals surface area contributed by atoms with Gasteiger partial charge in [-0.3, -0.25) is 0 Å². The molecule has 0 radical (unpaired) electrons. The Morgan fingerprint density at radius 1 is 1.42 bits per heavy atom. The van der Waals surface area contributed by atoms with E-state index < -0.39 is 0 Å². The van der Waals surface area contributed by atoms with Gasteiger partial charge in [0, 0.05) is 31.4 Å². The fraction of sp³-hybridized carbons (Fsp3) is 0.400. The number of aryl methyl sites for hydroxylation is 3. The zero-order valence-corrected chi connectivity index (χ0v) is 11.8. The van der Waals surface area contributed by atoms with Gasteiger partial charge in [0.25, 0.3) is 0 Å². The summed E-state index contributed by atoms with van der Waals surface area (Å²) in [5.41, 5.74) is 2.98. The topological polar surface area (TPSA) is 53.9 Å². The van der Waals surface area contributed by atoms with Crippen LogP contribution in [0, 0.1) is 25.2 Å². The highest BCUT2D eigenvalue weighted by atomic mass is 16.3. The number of furan rings is 1. The largest absolute Gasteiger partial charge is 0.466 e.